The van der Waals surface area contributed by atoms with Crippen molar-refractivity contribution in [1.29, 1.82) is 0 Å². The molecule has 2 amide bonds. The lowest BCUT2D eigenvalue weighted by atomic mass is 10.0. The van der Waals surface area contributed by atoms with Crippen LogP contribution in [-0.4, -0.2) is 57.1 Å². The molecule has 0 aromatic heterocycles. The fourth-order valence-corrected chi connectivity index (χ4v) is 5.91. The van der Waals surface area contributed by atoms with Crippen molar-refractivity contribution in [2.75, 3.05) is 30.3 Å². The lowest BCUT2D eigenvalue weighted by Gasteiger charge is -2.32. The van der Waals surface area contributed by atoms with Gasteiger partial charge in [-0.2, -0.15) is 0 Å². The summed E-state index contributed by atoms with van der Waals surface area (Å²) in [6.45, 7) is 5.19. The zero-order valence-corrected chi connectivity index (χ0v) is 26.7. The van der Waals surface area contributed by atoms with E-state index in [1.165, 1.54) is 4.31 Å². The minimum absolute atomic E-state index is 0.0427. The first-order valence-corrected chi connectivity index (χ1v) is 16.9. The number of anilines is 1. The second-order valence-electron chi connectivity index (χ2n) is 10.3. The van der Waals surface area contributed by atoms with Crippen LogP contribution in [0.15, 0.2) is 78.9 Å². The number of amides is 2. The quantitative estimate of drug-likeness (QED) is 0.190. The Kier molecular flexibility index (Phi) is 13.3. The fraction of sp³-hybridized carbons (Fsp3) is 0.394. The number of carbonyl (C=O) groups excluding carboxylic acids is 2. The van der Waals surface area contributed by atoms with Gasteiger partial charge in [-0.1, -0.05) is 73.5 Å². The molecule has 3 aromatic carbocycles. The van der Waals surface area contributed by atoms with Gasteiger partial charge in [0.05, 0.1) is 18.6 Å². The first-order chi connectivity index (χ1) is 20.6. The molecule has 43 heavy (non-hydrogen) atoms. The molecular weight excluding hydrogens is 586 g/mol. The Labute approximate surface area is 261 Å². The summed E-state index contributed by atoms with van der Waals surface area (Å²) in [5.74, 6) is 0.156. The third kappa shape index (κ3) is 10.6. The van der Waals surface area contributed by atoms with Gasteiger partial charge in [0.15, 0.2) is 0 Å². The van der Waals surface area contributed by atoms with Crippen LogP contribution in [0.25, 0.3) is 0 Å². The fourth-order valence-electron chi connectivity index (χ4n) is 4.75. The number of carbonyl (C=O) groups is 2. The number of hydrogen-bond donors (Lipinski definition) is 1. The Bertz CT molecular complexity index is 1420. The van der Waals surface area contributed by atoms with E-state index in [1.54, 1.807) is 35.2 Å². The molecule has 3 aromatic rings. The number of halogens is 1. The van der Waals surface area contributed by atoms with Crippen LogP contribution < -0.4 is 14.4 Å². The van der Waals surface area contributed by atoms with Crippen LogP contribution in [0.2, 0.25) is 5.02 Å². The van der Waals surface area contributed by atoms with Gasteiger partial charge in [-0.3, -0.25) is 13.9 Å². The lowest BCUT2D eigenvalue weighted by Crippen LogP contribution is -2.50. The summed E-state index contributed by atoms with van der Waals surface area (Å²) in [5.41, 5.74) is 2.14. The highest BCUT2D eigenvalue weighted by Gasteiger charge is 2.31. The molecule has 0 radical (unpaired) electrons. The van der Waals surface area contributed by atoms with E-state index in [-0.39, 0.29) is 37.7 Å². The van der Waals surface area contributed by atoms with Crippen LogP contribution in [0.3, 0.4) is 0 Å². The number of rotatable bonds is 17. The van der Waals surface area contributed by atoms with Crippen molar-refractivity contribution < 1.29 is 22.7 Å². The van der Waals surface area contributed by atoms with Crippen molar-refractivity contribution in [2.45, 2.75) is 58.5 Å². The molecule has 0 aliphatic carbocycles. The molecule has 0 spiro atoms. The van der Waals surface area contributed by atoms with Crippen LogP contribution >= 0.6 is 11.6 Å². The number of unbranched alkanes of at least 4 members (excludes halogenated alkanes) is 1. The maximum atomic E-state index is 13.9. The van der Waals surface area contributed by atoms with Crippen molar-refractivity contribution in [3.8, 4) is 5.75 Å². The van der Waals surface area contributed by atoms with Crippen LogP contribution in [0.4, 0.5) is 5.69 Å². The maximum Gasteiger partial charge on any atom is 0.243 e. The summed E-state index contributed by atoms with van der Waals surface area (Å²) >= 11 is 6.49. The molecule has 0 heterocycles. The number of benzene rings is 3. The normalized spacial score (nSPS) is 11.9. The first kappa shape index (κ1) is 33.9. The lowest BCUT2D eigenvalue weighted by molar-refractivity contribution is -0.141. The van der Waals surface area contributed by atoms with Crippen molar-refractivity contribution in [3.05, 3.63) is 95.0 Å². The monoisotopic (exact) mass is 627 g/mol. The van der Waals surface area contributed by atoms with E-state index in [0.29, 0.717) is 36.0 Å². The van der Waals surface area contributed by atoms with E-state index in [0.717, 1.165) is 30.2 Å². The molecule has 0 saturated heterocycles. The second-order valence-corrected chi connectivity index (χ2v) is 12.6. The Morgan fingerprint density at radius 2 is 1.60 bits per heavy atom. The van der Waals surface area contributed by atoms with Gasteiger partial charge in [-0.15, -0.1) is 0 Å². The van der Waals surface area contributed by atoms with Gasteiger partial charge in [0.25, 0.3) is 0 Å². The molecule has 0 fully saturated rings. The van der Waals surface area contributed by atoms with E-state index in [9.17, 15) is 18.0 Å². The molecule has 0 bridgehead atoms. The molecule has 1 atom stereocenters. The highest BCUT2D eigenvalue weighted by molar-refractivity contribution is 7.92. The molecule has 3 rings (SSSR count). The van der Waals surface area contributed by atoms with Crippen molar-refractivity contribution in [3.63, 3.8) is 0 Å². The van der Waals surface area contributed by atoms with E-state index < -0.39 is 16.1 Å². The summed E-state index contributed by atoms with van der Waals surface area (Å²) in [4.78, 5) is 29.1. The predicted molar refractivity (Wildman–Crippen MR) is 173 cm³/mol. The number of sulfonamides is 1. The van der Waals surface area contributed by atoms with Gasteiger partial charge in [0.2, 0.25) is 21.8 Å². The van der Waals surface area contributed by atoms with Gasteiger partial charge < -0.3 is 15.0 Å². The third-order valence-corrected chi connectivity index (χ3v) is 8.55. The summed E-state index contributed by atoms with van der Waals surface area (Å²) in [7, 11) is -3.61. The summed E-state index contributed by atoms with van der Waals surface area (Å²) in [5, 5.41) is 3.51. The summed E-state index contributed by atoms with van der Waals surface area (Å²) in [6, 6.07) is 22.9. The SMILES string of the molecule is CCCCNC(=O)[C@H](Cc1ccccc1)N(Cc1ccccc1Cl)C(=O)CCCN(c1ccc(OCC)cc1)S(C)(=O)=O. The molecule has 10 heteroatoms. The topological polar surface area (TPSA) is 96.0 Å². The standard InChI is InChI=1S/C33H42ClN3O5S/c1-4-6-22-35-33(39)31(24-26-13-8-7-9-14-26)36(25-27-15-10-11-16-30(27)34)32(38)17-12-23-37(43(3,40)41)28-18-20-29(21-19-28)42-5-2/h7-11,13-16,18-21,31H,4-6,12,17,22-25H2,1-3H3,(H,35,39)/t31-/m0/s1. The van der Waals surface area contributed by atoms with Crippen LogP contribution in [0.1, 0.15) is 50.7 Å². The van der Waals surface area contributed by atoms with Crippen molar-refractivity contribution >= 4 is 39.1 Å². The smallest absolute Gasteiger partial charge is 0.243 e. The Hall–Kier alpha value is -3.56. The summed E-state index contributed by atoms with van der Waals surface area (Å²) < 4.78 is 32.1. The van der Waals surface area contributed by atoms with Crippen LogP contribution in [-0.2, 0) is 32.6 Å². The minimum Gasteiger partial charge on any atom is -0.494 e. The third-order valence-electron chi connectivity index (χ3n) is 6.99. The average Bonchev–Trinajstić information content (AvgIpc) is 2.98. The molecule has 0 aliphatic rings. The average molecular weight is 628 g/mol. The maximum absolute atomic E-state index is 13.9. The zero-order valence-electron chi connectivity index (χ0n) is 25.2. The number of hydrogen-bond acceptors (Lipinski definition) is 5. The van der Waals surface area contributed by atoms with E-state index in [4.69, 9.17) is 16.3 Å². The molecule has 8 nitrogen and oxygen atoms in total. The molecule has 232 valence electrons. The molecule has 0 aliphatic heterocycles. The largest absolute Gasteiger partial charge is 0.494 e. The Morgan fingerprint density at radius 3 is 2.23 bits per heavy atom. The van der Waals surface area contributed by atoms with Gasteiger partial charge >= 0.3 is 0 Å². The molecular formula is C33H42ClN3O5S. The Balaban J connectivity index is 1.86. The highest BCUT2D eigenvalue weighted by Crippen LogP contribution is 2.24. The highest BCUT2D eigenvalue weighted by atomic mass is 35.5. The van der Waals surface area contributed by atoms with Crippen LogP contribution in [0, 0.1) is 0 Å². The van der Waals surface area contributed by atoms with Gasteiger partial charge in [-0.25, -0.2) is 8.42 Å². The second kappa shape index (κ2) is 16.9. The molecule has 1 N–H and O–H groups in total. The predicted octanol–water partition coefficient (Wildman–Crippen LogP) is 5.84. The Morgan fingerprint density at radius 1 is 0.930 bits per heavy atom. The first-order valence-electron chi connectivity index (χ1n) is 14.7. The van der Waals surface area contributed by atoms with Gasteiger partial charge in [0, 0.05) is 37.5 Å². The number of ether oxygens (including phenoxy) is 1. The molecule has 0 saturated carbocycles. The zero-order chi connectivity index (χ0) is 31.2. The van der Waals surface area contributed by atoms with Gasteiger partial charge in [0.1, 0.15) is 11.8 Å². The van der Waals surface area contributed by atoms with Gasteiger partial charge in [-0.05, 0) is 61.2 Å². The minimum atomic E-state index is -3.61. The van der Waals surface area contributed by atoms with E-state index >= 15 is 0 Å². The number of nitrogens with one attached hydrogen (secondary N) is 1. The van der Waals surface area contributed by atoms with E-state index in [1.807, 2.05) is 62.4 Å². The summed E-state index contributed by atoms with van der Waals surface area (Å²) in [6.07, 6.45) is 3.53. The van der Waals surface area contributed by atoms with Crippen molar-refractivity contribution in [1.82, 2.24) is 10.2 Å². The van der Waals surface area contributed by atoms with Crippen molar-refractivity contribution in [2.24, 2.45) is 0 Å². The van der Waals surface area contributed by atoms with Crippen LogP contribution in [0.5, 0.6) is 5.75 Å². The van der Waals surface area contributed by atoms with E-state index in [2.05, 4.69) is 5.32 Å². The number of nitrogens with zero attached hydrogens (tertiary/aromatic N) is 2. The molecule has 0 unspecified atom stereocenters.